The van der Waals surface area contributed by atoms with Crippen LogP contribution < -0.4 is 15.4 Å². The molecule has 1 heterocycles. The minimum atomic E-state index is 0. The van der Waals surface area contributed by atoms with Crippen molar-refractivity contribution in [3.05, 3.63) is 29.8 Å². The first-order valence-electron chi connectivity index (χ1n) is 11.3. The Bertz CT molecular complexity index is 577. The number of halogens is 1. The van der Waals surface area contributed by atoms with E-state index in [1.54, 1.807) is 7.11 Å². The number of nitrogens with zero attached hydrogens (tertiary/aromatic N) is 2. The normalized spacial score (nSPS) is 15.9. The molecule has 0 bridgehead atoms. The lowest BCUT2D eigenvalue weighted by molar-refractivity contribution is 0.143. The van der Waals surface area contributed by atoms with E-state index in [9.17, 15) is 0 Å². The van der Waals surface area contributed by atoms with Gasteiger partial charge in [0, 0.05) is 26.3 Å². The van der Waals surface area contributed by atoms with Crippen LogP contribution in [0.4, 0.5) is 0 Å². The molecule has 0 saturated carbocycles. The van der Waals surface area contributed by atoms with E-state index < -0.39 is 0 Å². The Morgan fingerprint density at radius 3 is 2.43 bits per heavy atom. The Kier molecular flexibility index (Phi) is 14.9. The largest absolute Gasteiger partial charge is 0.497 e. The molecule has 6 nitrogen and oxygen atoms in total. The quantitative estimate of drug-likeness (QED) is 0.183. The van der Waals surface area contributed by atoms with Crippen molar-refractivity contribution in [1.82, 2.24) is 15.5 Å². The average Bonchev–Trinajstić information content (AvgIpc) is 2.77. The molecule has 1 aromatic carbocycles. The highest BCUT2D eigenvalue weighted by molar-refractivity contribution is 14.0. The molecule has 1 saturated heterocycles. The Labute approximate surface area is 200 Å². The molecule has 0 aromatic heterocycles. The van der Waals surface area contributed by atoms with Crippen molar-refractivity contribution < 1.29 is 9.47 Å². The molecule has 0 aliphatic carbocycles. The van der Waals surface area contributed by atoms with Gasteiger partial charge in [-0.25, -0.2) is 0 Å². The van der Waals surface area contributed by atoms with Gasteiger partial charge < -0.3 is 20.1 Å². The first-order valence-corrected chi connectivity index (χ1v) is 11.3. The van der Waals surface area contributed by atoms with Gasteiger partial charge in [0.1, 0.15) is 5.75 Å². The summed E-state index contributed by atoms with van der Waals surface area (Å²) in [5.74, 6) is 1.80. The lowest BCUT2D eigenvalue weighted by Gasteiger charge is -2.34. The van der Waals surface area contributed by atoms with Gasteiger partial charge in [0.2, 0.25) is 0 Å². The number of piperidine rings is 1. The molecule has 1 atom stereocenters. The van der Waals surface area contributed by atoms with Crippen LogP contribution >= 0.6 is 24.0 Å². The van der Waals surface area contributed by atoms with E-state index in [-0.39, 0.29) is 24.0 Å². The molecule has 1 unspecified atom stereocenters. The number of methoxy groups -OCH3 is 1. The van der Waals surface area contributed by atoms with Crippen molar-refractivity contribution in [3.8, 4) is 5.75 Å². The molecule has 0 radical (unpaired) electrons. The Morgan fingerprint density at radius 1 is 1.07 bits per heavy atom. The second kappa shape index (κ2) is 16.6. The zero-order valence-corrected chi connectivity index (χ0v) is 21.3. The molecule has 0 spiro atoms. The summed E-state index contributed by atoms with van der Waals surface area (Å²) in [6.45, 7) is 10.6. The van der Waals surface area contributed by atoms with Crippen LogP contribution in [0.2, 0.25) is 0 Å². The third-order valence-corrected chi connectivity index (χ3v) is 5.31. The highest BCUT2D eigenvalue weighted by Gasteiger charge is 2.22. The van der Waals surface area contributed by atoms with Gasteiger partial charge in [0.05, 0.1) is 19.7 Å². The van der Waals surface area contributed by atoms with E-state index >= 15 is 0 Å². The van der Waals surface area contributed by atoms with Crippen LogP contribution in [0.25, 0.3) is 0 Å². The van der Waals surface area contributed by atoms with E-state index in [0.717, 1.165) is 70.5 Å². The van der Waals surface area contributed by atoms with Crippen LogP contribution in [0.15, 0.2) is 29.3 Å². The molecule has 1 fully saturated rings. The van der Waals surface area contributed by atoms with Gasteiger partial charge in [0.25, 0.3) is 0 Å². The van der Waals surface area contributed by atoms with E-state index in [1.807, 2.05) is 6.92 Å². The maximum Gasteiger partial charge on any atom is 0.191 e. The summed E-state index contributed by atoms with van der Waals surface area (Å²) < 4.78 is 10.7. The molecule has 1 aromatic rings. The number of likely N-dealkylation sites (tertiary alicyclic amines) is 1. The van der Waals surface area contributed by atoms with Gasteiger partial charge >= 0.3 is 0 Å². The number of ether oxygens (including phenoxy) is 2. The first kappa shape index (κ1) is 27.0. The number of guanidine groups is 1. The smallest absolute Gasteiger partial charge is 0.191 e. The second-order valence-corrected chi connectivity index (χ2v) is 7.44. The average molecular weight is 533 g/mol. The molecular formula is C23H41IN4O2. The van der Waals surface area contributed by atoms with Crippen LogP contribution in [0.1, 0.15) is 57.6 Å². The minimum Gasteiger partial charge on any atom is -0.497 e. The van der Waals surface area contributed by atoms with Gasteiger partial charge in [-0.2, -0.15) is 0 Å². The predicted molar refractivity (Wildman–Crippen MR) is 136 cm³/mol. The van der Waals surface area contributed by atoms with Crippen LogP contribution in [-0.2, 0) is 4.74 Å². The molecule has 30 heavy (non-hydrogen) atoms. The van der Waals surface area contributed by atoms with Crippen LogP contribution in [-0.4, -0.2) is 63.9 Å². The van der Waals surface area contributed by atoms with E-state index in [1.165, 1.54) is 24.8 Å². The van der Waals surface area contributed by atoms with Gasteiger partial charge in [-0.15, -0.1) is 24.0 Å². The molecule has 2 N–H and O–H groups in total. The van der Waals surface area contributed by atoms with E-state index in [2.05, 4.69) is 46.7 Å². The van der Waals surface area contributed by atoms with Crippen LogP contribution in [0.5, 0.6) is 5.75 Å². The number of nitrogens with one attached hydrogen (secondary N) is 2. The molecule has 0 amide bonds. The van der Waals surface area contributed by atoms with Crippen molar-refractivity contribution in [3.63, 3.8) is 0 Å². The van der Waals surface area contributed by atoms with Gasteiger partial charge in [-0.1, -0.05) is 18.6 Å². The van der Waals surface area contributed by atoms with Crippen LogP contribution in [0, 0.1) is 0 Å². The zero-order valence-electron chi connectivity index (χ0n) is 19.0. The van der Waals surface area contributed by atoms with Crippen molar-refractivity contribution in [1.29, 1.82) is 0 Å². The Balaban J connectivity index is 0.00000450. The van der Waals surface area contributed by atoms with Crippen molar-refractivity contribution in [2.75, 3.05) is 53.0 Å². The minimum absolute atomic E-state index is 0. The number of unbranched alkanes of at least 4 members (excludes halogenated alkanes) is 1. The Hall–Kier alpha value is -1.06. The summed E-state index contributed by atoms with van der Waals surface area (Å²) in [6.07, 6.45) is 6.03. The van der Waals surface area contributed by atoms with Crippen molar-refractivity contribution in [2.24, 2.45) is 4.99 Å². The molecular weight excluding hydrogens is 491 g/mol. The third-order valence-electron chi connectivity index (χ3n) is 5.31. The summed E-state index contributed by atoms with van der Waals surface area (Å²) in [7, 11) is 1.71. The van der Waals surface area contributed by atoms with E-state index in [4.69, 9.17) is 14.5 Å². The van der Waals surface area contributed by atoms with Crippen LogP contribution in [0.3, 0.4) is 0 Å². The number of aliphatic imine (C=N–C) groups is 1. The fraction of sp³-hybridized carbons (Fsp3) is 0.696. The van der Waals surface area contributed by atoms with Gasteiger partial charge in [-0.3, -0.25) is 9.89 Å². The topological polar surface area (TPSA) is 58.1 Å². The number of hydrogen-bond acceptors (Lipinski definition) is 4. The summed E-state index contributed by atoms with van der Waals surface area (Å²) in [4.78, 5) is 7.52. The van der Waals surface area contributed by atoms with Gasteiger partial charge in [-0.05, 0) is 70.3 Å². The molecule has 1 aliphatic rings. The summed E-state index contributed by atoms with van der Waals surface area (Å²) >= 11 is 0. The molecule has 7 heteroatoms. The van der Waals surface area contributed by atoms with E-state index in [0.29, 0.717) is 6.04 Å². The summed E-state index contributed by atoms with van der Waals surface area (Å²) in [6, 6.07) is 8.77. The summed E-state index contributed by atoms with van der Waals surface area (Å²) in [5, 5.41) is 6.85. The third kappa shape index (κ3) is 9.83. The second-order valence-electron chi connectivity index (χ2n) is 7.44. The fourth-order valence-corrected chi connectivity index (χ4v) is 3.69. The fourth-order valence-electron chi connectivity index (χ4n) is 3.69. The Morgan fingerprint density at radius 2 is 1.80 bits per heavy atom. The maximum absolute atomic E-state index is 5.41. The zero-order chi connectivity index (χ0) is 20.7. The van der Waals surface area contributed by atoms with Crippen molar-refractivity contribution in [2.45, 2.75) is 52.0 Å². The highest BCUT2D eigenvalue weighted by atomic mass is 127. The lowest BCUT2D eigenvalue weighted by atomic mass is 10.0. The maximum atomic E-state index is 5.41. The number of benzene rings is 1. The SMILES string of the molecule is CCNC(=NCC(c1ccc(OC)cc1)N1CCCCC1)NCCCCOCC.I. The monoisotopic (exact) mass is 532 g/mol. The molecule has 172 valence electrons. The first-order chi connectivity index (χ1) is 14.3. The standard InChI is InChI=1S/C23H40N4O2.HI/c1-4-24-23(25-15-7-10-18-29-5-2)26-19-22(27-16-8-6-9-17-27)20-11-13-21(28-3)14-12-20;/h11-14,22H,4-10,15-19H2,1-3H3,(H2,24,25,26);1H. The highest BCUT2D eigenvalue weighted by Crippen LogP contribution is 2.26. The van der Waals surface area contributed by atoms with Crippen molar-refractivity contribution >= 4 is 29.9 Å². The lowest BCUT2D eigenvalue weighted by Crippen LogP contribution is -2.40. The molecule has 2 rings (SSSR count). The number of rotatable bonds is 12. The number of hydrogen-bond donors (Lipinski definition) is 2. The predicted octanol–water partition coefficient (Wildman–Crippen LogP) is 4.21. The van der Waals surface area contributed by atoms with Gasteiger partial charge in [0.15, 0.2) is 5.96 Å². The molecule has 1 aliphatic heterocycles. The summed E-state index contributed by atoms with van der Waals surface area (Å²) in [5.41, 5.74) is 1.31.